The van der Waals surface area contributed by atoms with Gasteiger partial charge < -0.3 is 85.3 Å². The molecule has 3 heterocycles. The van der Waals surface area contributed by atoms with E-state index in [-0.39, 0.29) is 6.61 Å². The number of aliphatic hydroxyl groups excluding tert-OH is 2. The zero-order valence-corrected chi connectivity index (χ0v) is 41.7. The van der Waals surface area contributed by atoms with E-state index in [4.69, 9.17) is 50.7 Å². The monoisotopic (exact) mass is 1000 g/mol. The molecule has 0 saturated carbocycles. The molecule has 2 saturated heterocycles. The molecule has 23 nitrogen and oxygen atoms in total. The molecule has 2 amide bonds. The van der Waals surface area contributed by atoms with Crippen molar-refractivity contribution in [3.05, 3.63) is 41.2 Å². The Balaban J connectivity index is 1.21. The number of rotatable bonds is 35. The Morgan fingerprint density at radius 3 is 1.83 bits per heavy atom. The topological polar surface area (TPSA) is 287 Å². The number of nitrogens with one attached hydrogen (secondary N) is 5. The molecule has 3 aliphatic rings. The van der Waals surface area contributed by atoms with Crippen LogP contribution in [0.3, 0.4) is 0 Å². The summed E-state index contributed by atoms with van der Waals surface area (Å²) >= 11 is 0. The van der Waals surface area contributed by atoms with Gasteiger partial charge in [-0.2, -0.15) is 0 Å². The minimum Gasteiger partial charge on any atom is -0.491 e. The van der Waals surface area contributed by atoms with E-state index < -0.39 is 73.1 Å². The first-order chi connectivity index (χ1) is 34.4. The predicted octanol–water partition coefficient (Wildman–Crippen LogP) is -3.12. The number of carbonyl (C=O) groups excluding carboxylic acids is 2. The van der Waals surface area contributed by atoms with Crippen molar-refractivity contribution in [2.75, 3.05) is 171 Å². The second-order valence-electron chi connectivity index (χ2n) is 17.5. The fraction of sp³-hybridized carbons (Fsp3) is 0.708. The van der Waals surface area contributed by atoms with Crippen molar-refractivity contribution >= 4 is 23.7 Å². The van der Waals surface area contributed by atoms with Gasteiger partial charge in [-0.05, 0) is 49.2 Å². The minimum atomic E-state index is -1.63. The van der Waals surface area contributed by atoms with Crippen LogP contribution in [0.2, 0.25) is 0 Å². The van der Waals surface area contributed by atoms with E-state index in [1.807, 2.05) is 7.05 Å². The number of carboxylic acids is 1. The minimum absolute atomic E-state index is 0.279. The van der Waals surface area contributed by atoms with Crippen molar-refractivity contribution in [1.29, 1.82) is 5.41 Å². The first kappa shape index (κ1) is 58.9. The highest BCUT2D eigenvalue weighted by Gasteiger charge is 2.45. The second-order valence-corrected chi connectivity index (χ2v) is 17.5. The Bertz CT molecular complexity index is 1810. The molecular formula is C48H80N10O13. The molecule has 71 heavy (non-hydrogen) atoms. The molecule has 0 unspecified atom stereocenters. The molecule has 3 aliphatic heterocycles. The summed E-state index contributed by atoms with van der Waals surface area (Å²) in [7, 11) is 1.99. The Labute approximate surface area is 418 Å². The maximum atomic E-state index is 13.0. The lowest BCUT2D eigenvalue weighted by Gasteiger charge is -2.41. The number of nitrogens with zero attached hydrogens (tertiary/aromatic N) is 4. The molecule has 5 atom stereocenters. The zero-order valence-electron chi connectivity index (χ0n) is 41.7. The summed E-state index contributed by atoms with van der Waals surface area (Å²) in [4.78, 5) is 46.8. The molecule has 1 aromatic rings. The summed E-state index contributed by atoms with van der Waals surface area (Å²) in [6.45, 7) is 16.3. The van der Waals surface area contributed by atoms with Gasteiger partial charge in [-0.15, -0.1) is 6.42 Å². The molecule has 23 heteroatoms. The summed E-state index contributed by atoms with van der Waals surface area (Å²) in [5.74, 6) is -0.329. The maximum absolute atomic E-state index is 13.0. The van der Waals surface area contributed by atoms with E-state index in [1.54, 1.807) is 0 Å². The van der Waals surface area contributed by atoms with E-state index >= 15 is 0 Å². The molecule has 0 aromatic heterocycles. The molecule has 0 spiro atoms. The van der Waals surface area contributed by atoms with Crippen molar-refractivity contribution in [2.45, 2.75) is 50.2 Å². The van der Waals surface area contributed by atoms with Crippen LogP contribution in [-0.2, 0) is 55.6 Å². The van der Waals surface area contributed by atoms with Crippen LogP contribution in [0.5, 0.6) is 5.75 Å². The summed E-state index contributed by atoms with van der Waals surface area (Å²) in [6.07, 6.45) is 3.58. The molecule has 4 rings (SSSR count). The third-order valence-corrected chi connectivity index (χ3v) is 12.2. The van der Waals surface area contributed by atoms with E-state index in [0.717, 1.165) is 103 Å². The SMILES string of the molecule is C#CCOCCOCCOCCOCCOc1cc(CCN2CCN(CCNC)CC2)cc(CCN2CCN(CCNC(=O)CO[C@@H]([C@@H]3OC(C(=O)O)=C[C@H](NC(=N)N)[C@H]3NC(C)=O)[C@H](O)CO)CC2)c1. The number of benzene rings is 1. The van der Waals surface area contributed by atoms with Gasteiger partial charge in [0.25, 0.3) is 0 Å². The van der Waals surface area contributed by atoms with Gasteiger partial charge in [0.1, 0.15) is 37.8 Å². The smallest absolute Gasteiger partial charge is 0.370 e. The van der Waals surface area contributed by atoms with E-state index in [2.05, 4.69) is 65.0 Å². The van der Waals surface area contributed by atoms with Gasteiger partial charge in [0, 0.05) is 98.6 Å². The number of aliphatic hydroxyl groups is 2. The number of nitrogens with two attached hydrogens (primary N) is 1. The van der Waals surface area contributed by atoms with E-state index in [1.165, 1.54) is 18.1 Å². The van der Waals surface area contributed by atoms with Crippen LogP contribution in [0, 0.1) is 17.8 Å². The predicted molar refractivity (Wildman–Crippen MR) is 264 cm³/mol. The quantitative estimate of drug-likeness (QED) is 0.0141. The van der Waals surface area contributed by atoms with Crippen LogP contribution in [-0.4, -0.2) is 260 Å². The number of hydrogen-bond donors (Lipinski definition) is 9. The lowest BCUT2D eigenvalue weighted by Crippen LogP contribution is -2.64. The van der Waals surface area contributed by atoms with Crippen LogP contribution < -0.4 is 31.7 Å². The number of terminal acetylenes is 1. The molecular weight excluding hydrogens is 925 g/mol. The summed E-state index contributed by atoms with van der Waals surface area (Å²) in [6, 6.07) is 4.43. The van der Waals surface area contributed by atoms with Crippen LogP contribution in [0.25, 0.3) is 0 Å². The molecule has 0 bridgehead atoms. The van der Waals surface area contributed by atoms with E-state index in [9.17, 15) is 29.7 Å². The first-order valence-corrected chi connectivity index (χ1v) is 24.6. The van der Waals surface area contributed by atoms with Crippen LogP contribution in [0.15, 0.2) is 30.0 Å². The highest BCUT2D eigenvalue weighted by molar-refractivity contribution is 5.85. The highest BCUT2D eigenvalue weighted by Crippen LogP contribution is 2.25. The first-order valence-electron chi connectivity index (χ1n) is 24.6. The van der Waals surface area contributed by atoms with Crippen LogP contribution in [0.1, 0.15) is 18.1 Å². The van der Waals surface area contributed by atoms with Crippen molar-refractivity contribution < 1.29 is 62.9 Å². The van der Waals surface area contributed by atoms with Crippen molar-refractivity contribution in [3.8, 4) is 18.1 Å². The lowest BCUT2D eigenvalue weighted by molar-refractivity contribution is -0.159. The van der Waals surface area contributed by atoms with Crippen molar-refractivity contribution in [1.82, 2.24) is 40.9 Å². The number of carboxylic acid groups (broad SMARTS) is 1. The van der Waals surface area contributed by atoms with Crippen LogP contribution in [0.4, 0.5) is 0 Å². The van der Waals surface area contributed by atoms with Gasteiger partial charge in [-0.1, -0.05) is 12.0 Å². The summed E-state index contributed by atoms with van der Waals surface area (Å²) < 4.78 is 39.6. The van der Waals surface area contributed by atoms with Crippen LogP contribution >= 0.6 is 0 Å². The molecule has 2 fully saturated rings. The molecule has 0 radical (unpaired) electrons. The largest absolute Gasteiger partial charge is 0.491 e. The zero-order chi connectivity index (χ0) is 51.2. The Morgan fingerprint density at radius 2 is 1.34 bits per heavy atom. The lowest BCUT2D eigenvalue weighted by atomic mass is 9.91. The van der Waals surface area contributed by atoms with Gasteiger partial charge >= 0.3 is 5.97 Å². The van der Waals surface area contributed by atoms with Gasteiger partial charge in [0.2, 0.25) is 17.6 Å². The number of carbonyl (C=O) groups is 3. The van der Waals surface area contributed by atoms with Gasteiger partial charge in [-0.3, -0.25) is 24.8 Å². The normalized spacial score (nSPS) is 20.0. The maximum Gasteiger partial charge on any atom is 0.370 e. The Morgan fingerprint density at radius 1 is 0.817 bits per heavy atom. The van der Waals surface area contributed by atoms with Gasteiger partial charge in [0.05, 0.1) is 64.9 Å². The van der Waals surface area contributed by atoms with Gasteiger partial charge in [0.15, 0.2) is 12.1 Å². The Kier molecular flexibility index (Phi) is 28.1. The Hall–Kier alpha value is -4.68. The second kappa shape index (κ2) is 33.9. The average Bonchev–Trinajstić information content (AvgIpc) is 3.35. The number of likely N-dealkylation sites (N-methyl/N-ethyl adjacent to an activating group) is 1. The van der Waals surface area contributed by atoms with Crippen molar-refractivity contribution in [3.63, 3.8) is 0 Å². The number of aliphatic carboxylic acids is 1. The standard InChI is InChI=1S/C48H80N10O13/c1-4-21-65-22-23-66-24-25-67-26-27-68-28-29-69-39-31-37(5-9-55-13-17-57(18-14-55)11-7-51-3)30-38(32-39)6-10-56-15-19-58(20-16-56)12-8-52-43(62)35-70-45(41(61)34-59)46-44(53-36(2)60)40(54-48(49)50)33-42(71-46)47(63)64/h1,30-33,40-41,44-46,51,59,61H,5-29,34-35H2,2-3H3,(H,52,62)(H,53,60)(H,63,64)(H4,49,50,54)/t40-,41+,44+,45+,46+/m0/s1. The van der Waals surface area contributed by atoms with E-state index in [0.29, 0.717) is 65.9 Å². The fourth-order valence-electron chi connectivity index (χ4n) is 8.37. The third kappa shape index (κ3) is 23.2. The number of ether oxygens (including phenoxy) is 7. The van der Waals surface area contributed by atoms with Gasteiger partial charge in [-0.25, -0.2) is 4.79 Å². The fourth-order valence-corrected chi connectivity index (χ4v) is 8.37. The average molecular weight is 1010 g/mol. The summed E-state index contributed by atoms with van der Waals surface area (Å²) in [5.41, 5.74) is 8.00. The number of guanidine groups is 1. The molecule has 10 N–H and O–H groups in total. The number of hydrogen-bond acceptors (Lipinski definition) is 18. The molecule has 1 aromatic carbocycles. The number of amides is 2. The highest BCUT2D eigenvalue weighted by atomic mass is 16.6. The molecule has 400 valence electrons. The molecule has 0 aliphatic carbocycles. The third-order valence-electron chi connectivity index (χ3n) is 12.2. The summed E-state index contributed by atoms with van der Waals surface area (Å²) in [5, 5.41) is 49.2. The van der Waals surface area contributed by atoms with Crippen molar-refractivity contribution in [2.24, 2.45) is 5.73 Å². The number of piperazine rings is 2.